The van der Waals surface area contributed by atoms with Gasteiger partial charge in [-0.3, -0.25) is 4.98 Å². The fourth-order valence-corrected chi connectivity index (χ4v) is 4.48. The first-order chi connectivity index (χ1) is 15.8. The molecular weight excluding hydrogens is 432 g/mol. The van der Waals surface area contributed by atoms with Crippen molar-refractivity contribution in [2.45, 2.75) is 44.9 Å². The van der Waals surface area contributed by atoms with Gasteiger partial charge in [0.1, 0.15) is 10.4 Å². The van der Waals surface area contributed by atoms with Crippen LogP contribution in [0.4, 0.5) is 0 Å². The lowest BCUT2D eigenvalue weighted by Gasteiger charge is -2.29. The van der Waals surface area contributed by atoms with Crippen LogP contribution in [0.2, 0.25) is 0 Å². The average Bonchev–Trinajstić information content (AvgIpc) is 3.21. The maximum atomic E-state index is 13.1. The Balaban J connectivity index is 1.80. The van der Waals surface area contributed by atoms with Crippen LogP contribution >= 0.6 is 0 Å². The molecular formula is C26H26N4O2S. The Bertz CT molecular complexity index is 1320. The lowest BCUT2D eigenvalue weighted by molar-refractivity contribution is 0.459. The molecule has 2 heterocycles. The first kappa shape index (κ1) is 23.0. The van der Waals surface area contributed by atoms with Gasteiger partial charge < -0.3 is 9.08 Å². The maximum absolute atomic E-state index is 13.1. The first-order valence-electron chi connectivity index (χ1n) is 10.8. The molecule has 1 unspecified atom stereocenters. The van der Waals surface area contributed by atoms with E-state index in [-0.39, 0.29) is 6.04 Å². The third kappa shape index (κ3) is 5.09. The number of benzene rings is 2. The smallest absolute Gasteiger partial charge is 0.168 e. The van der Waals surface area contributed by atoms with Gasteiger partial charge in [-0.25, -0.2) is 0 Å². The van der Waals surface area contributed by atoms with Crippen molar-refractivity contribution in [3.63, 3.8) is 0 Å². The maximum Gasteiger partial charge on any atom is 0.168 e. The fourth-order valence-electron chi connectivity index (χ4n) is 3.66. The van der Waals surface area contributed by atoms with Crippen LogP contribution in [0.3, 0.4) is 0 Å². The molecule has 6 nitrogen and oxygen atoms in total. The first-order valence-corrected chi connectivity index (χ1v) is 11.9. The molecule has 7 heteroatoms. The second kappa shape index (κ2) is 9.36. The van der Waals surface area contributed by atoms with Gasteiger partial charge in [-0.15, -0.1) is 4.72 Å². The van der Waals surface area contributed by atoms with E-state index in [9.17, 15) is 9.81 Å². The van der Waals surface area contributed by atoms with E-state index in [4.69, 9.17) is 4.52 Å². The molecule has 2 atom stereocenters. The van der Waals surface area contributed by atoms with Crippen LogP contribution < -0.4 is 4.72 Å². The highest BCUT2D eigenvalue weighted by molar-refractivity contribution is 7.90. The van der Waals surface area contributed by atoms with Crippen LogP contribution in [0, 0.1) is 18.3 Å². The van der Waals surface area contributed by atoms with Gasteiger partial charge in [0.05, 0.1) is 17.7 Å². The summed E-state index contributed by atoms with van der Waals surface area (Å²) < 4.78 is 21.6. The van der Waals surface area contributed by atoms with Crippen LogP contribution in [-0.2, 0) is 17.8 Å². The molecule has 4 rings (SSSR count). The zero-order valence-corrected chi connectivity index (χ0v) is 19.9. The van der Waals surface area contributed by atoms with Crippen LogP contribution in [0.15, 0.2) is 65.2 Å². The summed E-state index contributed by atoms with van der Waals surface area (Å²) in [5.41, 5.74) is 5.46. The van der Waals surface area contributed by atoms with Gasteiger partial charge in [0.15, 0.2) is 5.58 Å². The molecule has 0 bridgehead atoms. The molecule has 2 aromatic heterocycles. The van der Waals surface area contributed by atoms with Gasteiger partial charge in [-0.1, -0.05) is 35.5 Å². The van der Waals surface area contributed by atoms with E-state index in [1.165, 1.54) is 0 Å². The Morgan fingerprint density at radius 1 is 1.12 bits per heavy atom. The summed E-state index contributed by atoms with van der Waals surface area (Å²) in [6.07, 6.45) is 0.564. The van der Waals surface area contributed by atoms with E-state index in [1.807, 2.05) is 76.2 Å². The minimum absolute atomic E-state index is 0.263. The summed E-state index contributed by atoms with van der Waals surface area (Å²) in [5, 5.41) is 14.3. The van der Waals surface area contributed by atoms with E-state index in [1.54, 1.807) is 12.1 Å². The number of hydrogen-bond donors (Lipinski definition) is 1. The predicted molar refractivity (Wildman–Crippen MR) is 131 cm³/mol. The van der Waals surface area contributed by atoms with Gasteiger partial charge in [-0.2, -0.15) is 5.26 Å². The molecule has 0 radical (unpaired) electrons. The minimum Gasteiger partial charge on any atom is -0.598 e. The van der Waals surface area contributed by atoms with Crippen molar-refractivity contribution >= 4 is 22.3 Å². The van der Waals surface area contributed by atoms with Crippen molar-refractivity contribution in [3.05, 3.63) is 83.2 Å². The second-order valence-electron chi connectivity index (χ2n) is 8.97. The van der Waals surface area contributed by atoms with Gasteiger partial charge >= 0.3 is 0 Å². The third-order valence-corrected chi connectivity index (χ3v) is 6.97. The average molecular weight is 459 g/mol. The Hall–Kier alpha value is -3.18. The predicted octanol–water partition coefficient (Wildman–Crippen LogP) is 5.41. The van der Waals surface area contributed by atoms with Crippen molar-refractivity contribution < 1.29 is 9.08 Å². The number of rotatable bonds is 6. The standard InChI is InChI=1S/C26H26N4O2S/c1-17-8-7-9-19(28-17)15-23(30-33(31)26(2,3)4)20-10-5-6-11-21(20)25-22-13-12-18(16-27)14-24(22)32-29-25/h5-14,23,30H,15H2,1-4H3/t23-,33?/m0/s1. The van der Waals surface area contributed by atoms with Crippen molar-refractivity contribution in [1.82, 2.24) is 14.9 Å². The number of hydrogen-bond acceptors (Lipinski definition) is 6. The minimum atomic E-state index is -1.29. The number of nitrogens with one attached hydrogen (secondary N) is 1. The molecule has 33 heavy (non-hydrogen) atoms. The van der Waals surface area contributed by atoms with Gasteiger partial charge in [0.2, 0.25) is 0 Å². The van der Waals surface area contributed by atoms with E-state index in [0.717, 1.165) is 27.9 Å². The number of aryl methyl sites for hydroxylation is 1. The Morgan fingerprint density at radius 3 is 2.64 bits per heavy atom. The molecule has 0 spiro atoms. The van der Waals surface area contributed by atoms with E-state index >= 15 is 0 Å². The van der Waals surface area contributed by atoms with Crippen molar-refractivity contribution in [2.75, 3.05) is 0 Å². The van der Waals surface area contributed by atoms with Crippen LogP contribution in [0.1, 0.15) is 49.3 Å². The topological polar surface area (TPSA) is 97.8 Å². The number of nitriles is 1. The molecule has 0 aliphatic heterocycles. The highest BCUT2D eigenvalue weighted by atomic mass is 32.2. The quantitative estimate of drug-likeness (QED) is 0.388. The highest BCUT2D eigenvalue weighted by Crippen LogP contribution is 2.35. The number of fused-ring (bicyclic) bond motifs is 1. The SMILES string of the molecule is Cc1cccc(C[C@H](N[S+]([O-])C(C)(C)C)c2ccccc2-c2noc3cc(C#N)ccc23)n1. The number of pyridine rings is 1. The molecule has 0 amide bonds. The van der Waals surface area contributed by atoms with Crippen LogP contribution in [0.25, 0.3) is 22.2 Å². The molecule has 4 aromatic rings. The highest BCUT2D eigenvalue weighted by Gasteiger charge is 2.31. The molecule has 0 aliphatic carbocycles. The normalized spacial score (nSPS) is 13.6. The molecule has 0 fully saturated rings. The lowest BCUT2D eigenvalue weighted by Crippen LogP contribution is -2.42. The summed E-state index contributed by atoms with van der Waals surface area (Å²) >= 11 is -1.29. The molecule has 2 aromatic carbocycles. The molecule has 0 saturated carbocycles. The molecule has 1 N–H and O–H groups in total. The summed E-state index contributed by atoms with van der Waals surface area (Å²) in [7, 11) is 0. The fraction of sp³-hybridized carbons (Fsp3) is 0.269. The van der Waals surface area contributed by atoms with E-state index in [0.29, 0.717) is 23.3 Å². The number of nitrogens with zero attached hydrogens (tertiary/aromatic N) is 3. The molecule has 0 saturated heterocycles. The Labute approximate surface area is 197 Å². The summed E-state index contributed by atoms with van der Waals surface area (Å²) in [5.74, 6) is 0. The second-order valence-corrected chi connectivity index (χ2v) is 11.0. The molecule has 0 aliphatic rings. The van der Waals surface area contributed by atoms with E-state index < -0.39 is 16.1 Å². The molecule has 168 valence electrons. The Kier molecular flexibility index (Phi) is 6.52. The zero-order valence-electron chi connectivity index (χ0n) is 19.1. The summed E-state index contributed by atoms with van der Waals surface area (Å²) in [6.45, 7) is 7.80. The summed E-state index contributed by atoms with van der Waals surface area (Å²) in [6, 6.07) is 21.0. The zero-order chi connectivity index (χ0) is 23.6. The lowest BCUT2D eigenvalue weighted by atomic mass is 9.94. The van der Waals surface area contributed by atoms with E-state index in [2.05, 4.69) is 20.9 Å². The van der Waals surface area contributed by atoms with Gasteiger partial charge in [0.25, 0.3) is 0 Å². The van der Waals surface area contributed by atoms with Crippen LogP contribution in [0.5, 0.6) is 0 Å². The van der Waals surface area contributed by atoms with Crippen LogP contribution in [-0.4, -0.2) is 19.4 Å². The Morgan fingerprint density at radius 2 is 1.91 bits per heavy atom. The summed E-state index contributed by atoms with van der Waals surface area (Å²) in [4.78, 5) is 4.67. The van der Waals surface area contributed by atoms with Gasteiger partial charge in [-0.05, 0) is 57.5 Å². The third-order valence-electron chi connectivity index (χ3n) is 5.36. The number of aromatic nitrogens is 2. The van der Waals surface area contributed by atoms with Crippen molar-refractivity contribution in [1.29, 1.82) is 5.26 Å². The van der Waals surface area contributed by atoms with Crippen molar-refractivity contribution in [2.24, 2.45) is 0 Å². The largest absolute Gasteiger partial charge is 0.598 e. The monoisotopic (exact) mass is 458 g/mol. The van der Waals surface area contributed by atoms with Crippen molar-refractivity contribution in [3.8, 4) is 17.3 Å². The van der Waals surface area contributed by atoms with Gasteiger partial charge in [0, 0.05) is 46.2 Å².